The minimum atomic E-state index is -2.99. The number of halogens is 2. The number of carboxylic acids is 1. The summed E-state index contributed by atoms with van der Waals surface area (Å²) in [4.78, 5) is 29.0. The Hall–Kier alpha value is -5.33. The van der Waals surface area contributed by atoms with Crippen molar-refractivity contribution in [1.29, 1.82) is 0 Å². The van der Waals surface area contributed by atoms with Crippen molar-refractivity contribution in [3.63, 3.8) is 0 Å². The van der Waals surface area contributed by atoms with Crippen LogP contribution in [0.2, 0.25) is 0 Å². The van der Waals surface area contributed by atoms with E-state index in [4.69, 9.17) is 23.2 Å². The van der Waals surface area contributed by atoms with Gasteiger partial charge in [0.05, 0.1) is 38.1 Å². The molecule has 1 N–H and O–H groups in total. The highest BCUT2D eigenvalue weighted by atomic mass is 19.3. The van der Waals surface area contributed by atoms with E-state index >= 15 is 0 Å². The number of ether oxygens (including phenoxy) is 3. The number of alkyl halides is 2. The molecule has 5 aromatic rings. The first-order chi connectivity index (χ1) is 23.7. The number of furan rings is 1. The summed E-state index contributed by atoms with van der Waals surface area (Å²) < 4.78 is 57.5. The molecule has 252 valence electrons. The minimum Gasteiger partial charge on any atom is -0.480 e. The lowest BCUT2D eigenvalue weighted by Gasteiger charge is -2.53. The average molecular weight is 673 g/mol. The first-order valence-corrected chi connectivity index (χ1v) is 15.8. The Morgan fingerprint density at radius 1 is 1.16 bits per heavy atom. The maximum Gasteiger partial charge on any atom is 0.326 e. The van der Waals surface area contributed by atoms with E-state index in [0.717, 1.165) is 0 Å². The fraction of sp³-hybridized carbons (Fsp3) is 0.382. The molecule has 3 aliphatic heterocycles. The van der Waals surface area contributed by atoms with Crippen LogP contribution in [0, 0.1) is 18.8 Å². The molecule has 4 aromatic heterocycles. The topological polar surface area (TPSA) is 149 Å². The molecule has 0 aliphatic carbocycles. The Morgan fingerprint density at radius 2 is 2.00 bits per heavy atom. The molecule has 3 fully saturated rings. The molecule has 0 bridgehead atoms. The molecule has 15 heteroatoms. The molecule has 3 atom stereocenters. The normalized spacial score (nSPS) is 21.7. The second kappa shape index (κ2) is 12.0. The monoisotopic (exact) mass is 672 g/mol. The van der Waals surface area contributed by atoms with Gasteiger partial charge < -0.3 is 38.1 Å². The summed E-state index contributed by atoms with van der Waals surface area (Å²) in [6.07, 6.45) is -2.10. The van der Waals surface area contributed by atoms with Crippen molar-refractivity contribution < 1.29 is 41.8 Å². The highest BCUT2D eigenvalue weighted by Crippen LogP contribution is 2.41. The zero-order chi connectivity index (χ0) is 33.9. The lowest BCUT2D eigenvalue weighted by atomic mass is 9.90. The number of hydrogen-bond donors (Lipinski definition) is 1. The largest absolute Gasteiger partial charge is 0.480 e. The van der Waals surface area contributed by atoms with Crippen LogP contribution in [0.5, 0.6) is 5.88 Å². The van der Waals surface area contributed by atoms with Crippen molar-refractivity contribution in [1.82, 2.24) is 20.1 Å². The van der Waals surface area contributed by atoms with E-state index < -0.39 is 36.0 Å². The van der Waals surface area contributed by atoms with Gasteiger partial charge in [-0.05, 0) is 38.0 Å². The van der Waals surface area contributed by atoms with Crippen LogP contribution in [0.4, 0.5) is 20.3 Å². The maximum absolute atomic E-state index is 14.0. The number of para-hydroxylation sites is 1. The second-order valence-electron chi connectivity index (χ2n) is 12.4. The SMILES string of the molecule is Cc1cc(C#Cc2cnc(O[C@H]3C[C@@H](C(=O)O)N(c4nc(C(F)F)nc5c4oc4ccccc45)C3)c(N3CCOC4(COC4)[C@@H]3C)c2)on1. The Kier molecular flexibility index (Phi) is 7.57. The summed E-state index contributed by atoms with van der Waals surface area (Å²) in [5.74, 6) is 4.79. The number of carbonyl (C=O) groups is 1. The Balaban J connectivity index is 1.15. The molecule has 1 aromatic carbocycles. The number of rotatable bonds is 6. The molecule has 0 saturated carbocycles. The van der Waals surface area contributed by atoms with E-state index in [-0.39, 0.29) is 41.8 Å². The number of aryl methyl sites for hydroxylation is 1. The van der Waals surface area contributed by atoms with Crippen molar-refractivity contribution >= 4 is 39.5 Å². The van der Waals surface area contributed by atoms with E-state index in [1.54, 1.807) is 43.5 Å². The van der Waals surface area contributed by atoms with Gasteiger partial charge in [0.25, 0.3) is 6.43 Å². The molecule has 0 radical (unpaired) electrons. The van der Waals surface area contributed by atoms with E-state index in [1.165, 1.54) is 4.90 Å². The van der Waals surface area contributed by atoms with E-state index in [0.29, 0.717) is 60.0 Å². The fourth-order valence-corrected chi connectivity index (χ4v) is 6.66. The molecule has 1 spiro atoms. The average Bonchev–Trinajstić information content (AvgIpc) is 3.80. The summed E-state index contributed by atoms with van der Waals surface area (Å²) >= 11 is 0. The lowest BCUT2D eigenvalue weighted by molar-refractivity contribution is -0.228. The number of carboxylic acid groups (broad SMARTS) is 1. The van der Waals surface area contributed by atoms with Crippen LogP contribution < -0.4 is 14.5 Å². The molecule has 13 nitrogen and oxygen atoms in total. The molecule has 49 heavy (non-hydrogen) atoms. The number of pyridine rings is 1. The smallest absolute Gasteiger partial charge is 0.326 e. The molecule has 7 heterocycles. The summed E-state index contributed by atoms with van der Waals surface area (Å²) in [5, 5.41) is 14.7. The van der Waals surface area contributed by atoms with Gasteiger partial charge in [-0.25, -0.2) is 28.5 Å². The fourth-order valence-electron chi connectivity index (χ4n) is 6.66. The van der Waals surface area contributed by atoms with Gasteiger partial charge >= 0.3 is 5.97 Å². The van der Waals surface area contributed by atoms with Crippen LogP contribution in [0.1, 0.15) is 42.6 Å². The zero-order valence-electron chi connectivity index (χ0n) is 26.4. The standard InChI is InChI=1S/C34H30F2N6O7/c1-18-11-21(49-40-18)8-7-20-12-24(41-9-10-46-34(19(41)2)16-45-17-34)32(37-14-20)47-22-13-25(33(43)44)42(15-22)31-28-27(38-30(39-31)29(35)36)23-5-3-4-6-26(23)48-28/h3-6,11-12,14,19,22,25,29H,9-10,13,15-17H2,1-2H3,(H,43,44)/t19-,22-,25-/m0/s1. The van der Waals surface area contributed by atoms with E-state index in [2.05, 4.69) is 36.8 Å². The van der Waals surface area contributed by atoms with Gasteiger partial charge in [-0.15, -0.1) is 0 Å². The van der Waals surface area contributed by atoms with Crippen LogP contribution in [-0.2, 0) is 14.3 Å². The van der Waals surface area contributed by atoms with Gasteiger partial charge in [-0.2, -0.15) is 0 Å². The number of anilines is 2. The predicted octanol–water partition coefficient (Wildman–Crippen LogP) is 4.51. The van der Waals surface area contributed by atoms with Crippen molar-refractivity contribution in [2.45, 2.75) is 50.5 Å². The van der Waals surface area contributed by atoms with Crippen molar-refractivity contribution in [2.75, 3.05) is 42.7 Å². The number of hydrogen-bond acceptors (Lipinski definition) is 12. The van der Waals surface area contributed by atoms with E-state index in [9.17, 15) is 18.7 Å². The van der Waals surface area contributed by atoms with Gasteiger partial charge in [0, 0.05) is 36.2 Å². The number of benzene rings is 1. The van der Waals surface area contributed by atoms with E-state index in [1.807, 2.05) is 13.0 Å². The lowest BCUT2D eigenvalue weighted by Crippen LogP contribution is -2.68. The molecule has 0 amide bonds. The summed E-state index contributed by atoms with van der Waals surface area (Å²) in [6, 6.07) is 9.22. The third-order valence-corrected chi connectivity index (χ3v) is 9.26. The summed E-state index contributed by atoms with van der Waals surface area (Å²) in [6.45, 7) is 5.75. The molecule has 3 aliphatic rings. The van der Waals surface area contributed by atoms with Crippen LogP contribution in [0.25, 0.3) is 22.1 Å². The Bertz CT molecular complexity index is 2140. The molecular formula is C34H30F2N6O7. The van der Waals surface area contributed by atoms with Gasteiger partial charge in [0.1, 0.15) is 34.5 Å². The van der Waals surface area contributed by atoms with Crippen LogP contribution in [0.15, 0.2) is 51.5 Å². The predicted molar refractivity (Wildman–Crippen MR) is 170 cm³/mol. The van der Waals surface area contributed by atoms with Crippen LogP contribution >= 0.6 is 0 Å². The number of aromatic nitrogens is 4. The molecule has 3 saturated heterocycles. The summed E-state index contributed by atoms with van der Waals surface area (Å²) in [7, 11) is 0. The highest BCUT2D eigenvalue weighted by Gasteiger charge is 2.50. The van der Waals surface area contributed by atoms with Gasteiger partial charge in [0.2, 0.25) is 11.6 Å². The molecule has 0 unspecified atom stereocenters. The number of morpholine rings is 1. The number of nitrogens with zero attached hydrogens (tertiary/aromatic N) is 6. The number of aliphatic carboxylic acids is 1. The Morgan fingerprint density at radius 3 is 2.73 bits per heavy atom. The van der Waals surface area contributed by atoms with Gasteiger partial charge in [-0.3, -0.25) is 0 Å². The third-order valence-electron chi connectivity index (χ3n) is 9.26. The third kappa shape index (κ3) is 5.46. The van der Waals surface area contributed by atoms with Gasteiger partial charge in [0.15, 0.2) is 17.2 Å². The Labute approximate surface area is 277 Å². The zero-order valence-corrected chi connectivity index (χ0v) is 26.4. The molecular weight excluding hydrogens is 642 g/mol. The molecule has 8 rings (SSSR count). The minimum absolute atomic E-state index is 0.00671. The first-order valence-electron chi connectivity index (χ1n) is 15.8. The van der Waals surface area contributed by atoms with Gasteiger partial charge in [-0.1, -0.05) is 23.2 Å². The van der Waals surface area contributed by atoms with Crippen molar-refractivity contribution in [3.8, 4) is 17.7 Å². The number of fused-ring (bicyclic) bond motifs is 3. The highest BCUT2D eigenvalue weighted by molar-refractivity contribution is 6.06. The van der Waals surface area contributed by atoms with Crippen molar-refractivity contribution in [2.24, 2.45) is 0 Å². The van der Waals surface area contributed by atoms with Crippen molar-refractivity contribution in [3.05, 3.63) is 65.4 Å². The summed E-state index contributed by atoms with van der Waals surface area (Å²) in [5.41, 5.74) is 2.19. The first kappa shape index (κ1) is 31.0. The maximum atomic E-state index is 14.0. The quantitative estimate of drug-likeness (QED) is 0.252. The van der Waals surface area contributed by atoms with Crippen LogP contribution in [0.3, 0.4) is 0 Å². The second-order valence-corrected chi connectivity index (χ2v) is 12.4. The van der Waals surface area contributed by atoms with Crippen LogP contribution in [-0.4, -0.2) is 87.9 Å².